The van der Waals surface area contributed by atoms with E-state index in [0.29, 0.717) is 10.9 Å². The summed E-state index contributed by atoms with van der Waals surface area (Å²) < 4.78 is 34.6. The zero-order chi connectivity index (χ0) is 22.9. The van der Waals surface area contributed by atoms with Gasteiger partial charge >= 0.3 is 17.6 Å². The summed E-state index contributed by atoms with van der Waals surface area (Å²) in [4.78, 5) is 11.3. The van der Waals surface area contributed by atoms with Crippen molar-refractivity contribution >= 4 is 46.0 Å². The summed E-state index contributed by atoms with van der Waals surface area (Å²) in [5.74, 6) is -0.161. The molecule has 31 heavy (non-hydrogen) atoms. The molecule has 0 spiro atoms. The Labute approximate surface area is 184 Å². The number of carbonyl (C=O) groups excluding carboxylic acids is 1. The Morgan fingerprint density at radius 3 is 1.71 bits per heavy atom. The molecule has 11 heteroatoms. The molecule has 2 rings (SSSR count). The molecule has 0 aliphatic carbocycles. The Bertz CT molecular complexity index is 855. The van der Waals surface area contributed by atoms with Crippen LogP contribution in [0.4, 0.5) is 5.69 Å². The van der Waals surface area contributed by atoms with Gasteiger partial charge in [0.05, 0.1) is 0 Å². The lowest BCUT2D eigenvalue weighted by molar-refractivity contribution is -0.114. The second kappa shape index (κ2) is 11.3. The summed E-state index contributed by atoms with van der Waals surface area (Å²) in [6.45, 7) is 1.73. The molecule has 0 unspecified atom stereocenters. The van der Waals surface area contributed by atoms with Crippen molar-refractivity contribution in [2.45, 2.75) is 13.5 Å². The molecular formula is C20H28N2O7Si2. The molecule has 0 atom stereocenters. The lowest BCUT2D eigenvalue weighted by Gasteiger charge is -2.35. The summed E-state index contributed by atoms with van der Waals surface area (Å²) in [7, 11) is -0.783. The van der Waals surface area contributed by atoms with Crippen LogP contribution in [0.25, 0.3) is 0 Å². The molecule has 0 radical (unpaired) electrons. The Balaban J connectivity index is 2.40. The standard InChI is InChI=1S/C20H28N2O7Si2/c1-16(23)22-18-8-12-20(13-9-18)31(26-4,27-5)29-30(24-2,25-3)19-10-6-17(7-11-19)14-28-15-21/h6-13,15,21H,14H2,1-5H3,(H,22,23). The largest absolute Gasteiger partial charge is 0.529 e. The third-order valence-electron chi connectivity index (χ3n) is 4.54. The van der Waals surface area contributed by atoms with Crippen LogP contribution < -0.4 is 15.7 Å². The van der Waals surface area contributed by atoms with Gasteiger partial charge in [-0.25, -0.2) is 0 Å². The van der Waals surface area contributed by atoms with Gasteiger partial charge in [0.15, 0.2) is 6.40 Å². The van der Waals surface area contributed by atoms with E-state index in [-0.39, 0.29) is 12.5 Å². The van der Waals surface area contributed by atoms with Gasteiger partial charge in [0.2, 0.25) is 5.91 Å². The van der Waals surface area contributed by atoms with Crippen LogP contribution in [-0.2, 0) is 38.0 Å². The van der Waals surface area contributed by atoms with Crippen molar-refractivity contribution in [2.75, 3.05) is 33.8 Å². The normalized spacial score (nSPS) is 11.8. The number of hydrogen-bond acceptors (Lipinski definition) is 8. The molecule has 0 saturated heterocycles. The fourth-order valence-corrected chi connectivity index (χ4v) is 9.12. The minimum absolute atomic E-state index is 0.161. The van der Waals surface area contributed by atoms with E-state index in [0.717, 1.165) is 17.2 Å². The van der Waals surface area contributed by atoms with Crippen molar-refractivity contribution < 1.29 is 31.4 Å². The second-order valence-electron chi connectivity index (χ2n) is 6.42. The number of rotatable bonds is 12. The van der Waals surface area contributed by atoms with Crippen molar-refractivity contribution in [3.63, 3.8) is 0 Å². The molecule has 0 aliphatic rings. The Hall–Kier alpha value is -2.39. The van der Waals surface area contributed by atoms with Gasteiger partial charge in [-0.05, 0) is 17.7 Å². The van der Waals surface area contributed by atoms with Crippen LogP contribution >= 0.6 is 0 Å². The van der Waals surface area contributed by atoms with Crippen molar-refractivity contribution in [1.82, 2.24) is 0 Å². The van der Waals surface area contributed by atoms with Gasteiger partial charge in [-0.15, -0.1) is 0 Å². The topological polar surface area (TPSA) is 108 Å². The number of amides is 1. The maximum Gasteiger partial charge on any atom is 0.529 e. The Morgan fingerprint density at radius 2 is 1.32 bits per heavy atom. The SMILES string of the molecule is CO[Si](OC)(O[Si](OC)(OC)c1ccc(NC(C)=O)cc1)c1ccc(COC=N)cc1. The molecule has 2 aromatic rings. The van der Waals surface area contributed by atoms with Crippen molar-refractivity contribution in [2.24, 2.45) is 0 Å². The Kier molecular flexibility index (Phi) is 9.06. The quantitative estimate of drug-likeness (QED) is 0.277. The lowest BCUT2D eigenvalue weighted by atomic mass is 10.2. The molecule has 0 fully saturated rings. The lowest BCUT2D eigenvalue weighted by Crippen LogP contribution is -2.68. The number of nitrogens with one attached hydrogen (secondary N) is 2. The molecular weight excluding hydrogens is 436 g/mol. The number of hydrogen-bond donors (Lipinski definition) is 2. The second-order valence-corrected chi connectivity index (χ2v) is 12.2. The van der Waals surface area contributed by atoms with Crippen molar-refractivity contribution in [3.8, 4) is 0 Å². The van der Waals surface area contributed by atoms with Crippen LogP contribution in [0.5, 0.6) is 0 Å². The van der Waals surface area contributed by atoms with Gasteiger partial charge in [0.25, 0.3) is 0 Å². The maximum absolute atomic E-state index is 11.3. The molecule has 0 aromatic heterocycles. The smallest absolute Gasteiger partial charge is 0.479 e. The van der Waals surface area contributed by atoms with Crippen LogP contribution in [0.1, 0.15) is 12.5 Å². The van der Waals surface area contributed by atoms with Crippen LogP contribution in [0, 0.1) is 5.41 Å². The first kappa shape index (κ1) is 24.9. The minimum Gasteiger partial charge on any atom is -0.479 e. The summed E-state index contributed by atoms with van der Waals surface area (Å²) >= 11 is 0. The number of anilines is 1. The fraction of sp³-hybridized carbons (Fsp3) is 0.300. The highest BCUT2D eigenvalue weighted by Gasteiger charge is 2.55. The Morgan fingerprint density at radius 1 is 0.871 bits per heavy atom. The minimum atomic E-state index is -3.43. The van der Waals surface area contributed by atoms with Gasteiger partial charge in [-0.2, -0.15) is 0 Å². The molecule has 168 valence electrons. The van der Waals surface area contributed by atoms with Gasteiger partial charge in [-0.3, -0.25) is 10.2 Å². The molecule has 0 heterocycles. The molecule has 9 nitrogen and oxygen atoms in total. The number of carbonyl (C=O) groups is 1. The zero-order valence-electron chi connectivity index (χ0n) is 18.3. The van der Waals surface area contributed by atoms with Crippen molar-refractivity contribution in [3.05, 3.63) is 54.1 Å². The molecule has 2 aromatic carbocycles. The van der Waals surface area contributed by atoms with Crippen molar-refractivity contribution in [1.29, 1.82) is 5.41 Å². The molecule has 0 aliphatic heterocycles. The fourth-order valence-electron chi connectivity index (χ4n) is 3.00. The third-order valence-corrected chi connectivity index (χ3v) is 10.9. The van der Waals surface area contributed by atoms with E-state index in [9.17, 15) is 4.79 Å². The number of ether oxygens (including phenoxy) is 1. The first-order chi connectivity index (χ1) is 14.9. The highest BCUT2D eigenvalue weighted by atomic mass is 28.5. The van der Waals surface area contributed by atoms with E-state index in [1.54, 1.807) is 24.3 Å². The molecule has 0 saturated carbocycles. The van der Waals surface area contributed by atoms with Crippen LogP contribution in [0.15, 0.2) is 48.5 Å². The van der Waals surface area contributed by atoms with E-state index < -0.39 is 17.6 Å². The highest BCUT2D eigenvalue weighted by molar-refractivity contribution is 6.88. The van der Waals surface area contributed by atoms with E-state index in [2.05, 4.69) is 5.32 Å². The van der Waals surface area contributed by atoms with E-state index >= 15 is 0 Å². The predicted octanol–water partition coefficient (Wildman–Crippen LogP) is 1.36. The van der Waals surface area contributed by atoms with Gasteiger partial charge in [0, 0.05) is 51.4 Å². The first-order valence-corrected chi connectivity index (χ1v) is 12.8. The van der Waals surface area contributed by atoms with E-state index in [4.69, 9.17) is 32.0 Å². The highest BCUT2D eigenvalue weighted by Crippen LogP contribution is 2.20. The van der Waals surface area contributed by atoms with Gasteiger partial charge < -0.3 is 31.9 Å². The summed E-state index contributed by atoms with van der Waals surface area (Å²) in [6, 6.07) is 14.5. The first-order valence-electron chi connectivity index (χ1n) is 9.37. The van der Waals surface area contributed by atoms with Crippen LogP contribution in [-0.4, -0.2) is 58.4 Å². The molecule has 2 N–H and O–H groups in total. The number of benzene rings is 2. The molecule has 0 bridgehead atoms. The van der Waals surface area contributed by atoms with E-state index in [1.165, 1.54) is 35.4 Å². The third kappa shape index (κ3) is 5.86. The van der Waals surface area contributed by atoms with Gasteiger partial charge in [-0.1, -0.05) is 36.4 Å². The van der Waals surface area contributed by atoms with Crippen LogP contribution in [0.3, 0.4) is 0 Å². The maximum atomic E-state index is 11.3. The summed E-state index contributed by atoms with van der Waals surface area (Å²) in [5, 5.41) is 11.1. The average Bonchev–Trinajstić information content (AvgIpc) is 2.80. The monoisotopic (exact) mass is 464 g/mol. The summed E-state index contributed by atoms with van der Waals surface area (Å²) in [5.41, 5.74) is 1.54. The molecule has 1 amide bonds. The summed E-state index contributed by atoms with van der Waals surface area (Å²) in [6.07, 6.45) is 0.898. The zero-order valence-corrected chi connectivity index (χ0v) is 20.3. The predicted molar refractivity (Wildman–Crippen MR) is 121 cm³/mol. The van der Waals surface area contributed by atoms with Crippen LogP contribution in [0.2, 0.25) is 0 Å². The van der Waals surface area contributed by atoms with Gasteiger partial charge in [0.1, 0.15) is 6.61 Å². The van der Waals surface area contributed by atoms with E-state index in [1.807, 2.05) is 24.3 Å². The average molecular weight is 465 g/mol.